The summed E-state index contributed by atoms with van der Waals surface area (Å²) in [4.78, 5) is 16.5. The minimum atomic E-state index is -0.493. The highest BCUT2D eigenvalue weighted by Crippen LogP contribution is 2.14. The molecule has 4 rings (SSSR count). The Labute approximate surface area is 167 Å². The number of rotatable bonds is 3. The lowest BCUT2D eigenvalue weighted by molar-refractivity contribution is 0.0989. The van der Waals surface area contributed by atoms with Gasteiger partial charge in [0.1, 0.15) is 17.3 Å². The van der Waals surface area contributed by atoms with Crippen LogP contribution in [0.15, 0.2) is 60.8 Å². The number of aromatic nitrogens is 3. The number of aryl methyl sites for hydroxylation is 1. The second-order valence-electron chi connectivity index (χ2n) is 6.72. The molecule has 4 aromatic rings. The maximum Gasteiger partial charge on any atom is 0.170 e. The van der Waals surface area contributed by atoms with Crippen LogP contribution in [-0.2, 0) is 6.42 Å². The fraction of sp³-hybridized carbons (Fsp3) is 0.0870. The third-order valence-corrected chi connectivity index (χ3v) is 4.41. The van der Waals surface area contributed by atoms with Crippen molar-refractivity contribution in [3.63, 3.8) is 0 Å². The van der Waals surface area contributed by atoms with Crippen LogP contribution in [0.25, 0.3) is 5.65 Å². The lowest BCUT2D eigenvalue weighted by Gasteiger charge is -2.04. The lowest BCUT2D eigenvalue weighted by Crippen LogP contribution is -2.06. The van der Waals surface area contributed by atoms with E-state index in [1.165, 1.54) is 6.07 Å². The maximum atomic E-state index is 13.9. The first-order valence-electron chi connectivity index (χ1n) is 9.00. The number of carbonyl (C=O) groups excluding carboxylic acids is 1. The number of hydrogen-bond acceptors (Lipinski definition) is 4. The Balaban J connectivity index is 1.48. The molecule has 0 radical (unpaired) electrons. The number of nitrogen functional groups attached to an aromatic ring is 1. The molecule has 29 heavy (non-hydrogen) atoms. The zero-order valence-electron chi connectivity index (χ0n) is 15.7. The molecule has 0 aliphatic rings. The molecule has 0 fully saturated rings. The van der Waals surface area contributed by atoms with Gasteiger partial charge in [-0.25, -0.2) is 13.9 Å². The summed E-state index contributed by atoms with van der Waals surface area (Å²) in [5, 5.41) is 4.34. The summed E-state index contributed by atoms with van der Waals surface area (Å²) < 4.78 is 15.5. The molecule has 0 unspecified atom stereocenters. The Morgan fingerprint density at radius 2 is 1.90 bits per heavy atom. The van der Waals surface area contributed by atoms with Crippen LogP contribution >= 0.6 is 0 Å². The van der Waals surface area contributed by atoms with Gasteiger partial charge >= 0.3 is 0 Å². The molecule has 0 aliphatic heterocycles. The molecule has 0 atom stereocenters. The van der Waals surface area contributed by atoms with E-state index in [-0.39, 0.29) is 17.8 Å². The normalized spacial score (nSPS) is 10.6. The highest BCUT2D eigenvalue weighted by molar-refractivity contribution is 5.97. The molecule has 2 aromatic carbocycles. The molecule has 0 bridgehead atoms. The molecule has 5 nitrogen and oxygen atoms in total. The Morgan fingerprint density at radius 3 is 2.69 bits per heavy atom. The van der Waals surface area contributed by atoms with Crippen molar-refractivity contribution in [3.8, 4) is 11.8 Å². The van der Waals surface area contributed by atoms with E-state index in [1.807, 2.05) is 31.2 Å². The summed E-state index contributed by atoms with van der Waals surface area (Å²) in [6.45, 7) is 1.83. The highest BCUT2D eigenvalue weighted by Gasteiger charge is 2.12. The van der Waals surface area contributed by atoms with E-state index in [2.05, 4.69) is 21.9 Å². The lowest BCUT2D eigenvalue weighted by atomic mass is 10.0. The molecule has 0 saturated carbocycles. The second kappa shape index (κ2) is 7.56. The van der Waals surface area contributed by atoms with Gasteiger partial charge in [0.2, 0.25) is 0 Å². The number of nitrogens with zero attached hydrogens (tertiary/aromatic N) is 3. The number of anilines is 1. The molecular formula is C23H17FN4O. The first kappa shape index (κ1) is 18.4. The van der Waals surface area contributed by atoms with Gasteiger partial charge in [0.25, 0.3) is 0 Å². The molecule has 0 aliphatic carbocycles. The number of benzene rings is 2. The Morgan fingerprint density at radius 1 is 1.10 bits per heavy atom. The number of hydrogen-bond donors (Lipinski definition) is 1. The summed E-state index contributed by atoms with van der Waals surface area (Å²) in [7, 11) is 0. The van der Waals surface area contributed by atoms with E-state index in [1.54, 1.807) is 35.0 Å². The number of halogens is 1. The number of fused-ring (bicyclic) bond motifs is 1. The highest BCUT2D eigenvalue weighted by atomic mass is 19.1. The van der Waals surface area contributed by atoms with Crippen LogP contribution in [0, 0.1) is 24.6 Å². The van der Waals surface area contributed by atoms with Gasteiger partial charge in [0, 0.05) is 12.0 Å². The summed E-state index contributed by atoms with van der Waals surface area (Å²) in [5.74, 6) is 5.69. The van der Waals surface area contributed by atoms with Crippen molar-refractivity contribution < 1.29 is 9.18 Å². The predicted octanol–water partition coefficient (Wildman–Crippen LogP) is 3.58. The minimum Gasteiger partial charge on any atom is -0.382 e. The topological polar surface area (TPSA) is 73.3 Å². The van der Waals surface area contributed by atoms with Crippen molar-refractivity contribution in [1.82, 2.24) is 14.6 Å². The molecule has 2 aromatic heterocycles. The summed E-state index contributed by atoms with van der Waals surface area (Å²) in [5.41, 5.74) is 9.46. The number of nitrogens with two attached hydrogens (primary N) is 1. The minimum absolute atomic E-state index is 0.121. The van der Waals surface area contributed by atoms with Crippen molar-refractivity contribution in [2.24, 2.45) is 0 Å². The van der Waals surface area contributed by atoms with Gasteiger partial charge in [-0.05, 0) is 54.8 Å². The van der Waals surface area contributed by atoms with Gasteiger partial charge in [0.15, 0.2) is 11.4 Å². The van der Waals surface area contributed by atoms with Gasteiger partial charge in [-0.3, -0.25) is 4.79 Å². The van der Waals surface area contributed by atoms with E-state index >= 15 is 0 Å². The van der Waals surface area contributed by atoms with Gasteiger partial charge in [0.05, 0.1) is 11.8 Å². The largest absolute Gasteiger partial charge is 0.382 e. The molecule has 6 heteroatoms. The number of carbonyl (C=O) groups is 1. The molecular weight excluding hydrogens is 367 g/mol. The standard InChI is InChI=1S/C23H17FN4O/c1-15-2-10-20(24)19(12-15)21(29)13-17-5-3-16(4-6-17)7-8-18-9-11-23-26-22(25)14-28(23)27-18/h2-6,9-12,14H,13,25H2,1H3. The maximum absolute atomic E-state index is 13.9. The van der Waals surface area contributed by atoms with Crippen LogP contribution in [0.2, 0.25) is 0 Å². The third kappa shape index (κ3) is 4.14. The Bertz CT molecular complexity index is 1280. The van der Waals surface area contributed by atoms with E-state index < -0.39 is 5.82 Å². The van der Waals surface area contributed by atoms with Gasteiger partial charge < -0.3 is 5.73 Å². The fourth-order valence-corrected chi connectivity index (χ4v) is 2.94. The fourth-order valence-electron chi connectivity index (χ4n) is 2.94. The molecule has 2 heterocycles. The SMILES string of the molecule is Cc1ccc(F)c(C(=O)Cc2ccc(C#Cc3ccc4nc(N)cn4n3)cc2)c1. The van der Waals surface area contributed by atoms with Gasteiger partial charge in [-0.1, -0.05) is 29.7 Å². The first-order valence-corrected chi connectivity index (χ1v) is 9.00. The molecule has 0 saturated heterocycles. The second-order valence-corrected chi connectivity index (χ2v) is 6.72. The zero-order chi connectivity index (χ0) is 20.4. The van der Waals surface area contributed by atoms with E-state index in [0.717, 1.165) is 16.7 Å². The van der Waals surface area contributed by atoms with Gasteiger partial charge in [-0.2, -0.15) is 5.10 Å². The molecule has 142 valence electrons. The van der Waals surface area contributed by atoms with Crippen molar-refractivity contribution >= 4 is 17.2 Å². The van der Waals surface area contributed by atoms with E-state index in [4.69, 9.17) is 5.73 Å². The average Bonchev–Trinajstić information content (AvgIpc) is 3.08. The molecule has 2 N–H and O–H groups in total. The van der Waals surface area contributed by atoms with E-state index in [9.17, 15) is 9.18 Å². The number of Topliss-reactive ketones (excluding diaryl/α,β-unsaturated/α-hetero) is 1. The molecule has 0 spiro atoms. The zero-order valence-corrected chi connectivity index (χ0v) is 15.7. The Hall–Kier alpha value is -3.98. The summed E-state index contributed by atoms with van der Waals surface area (Å²) in [6.07, 6.45) is 1.76. The average molecular weight is 384 g/mol. The monoisotopic (exact) mass is 384 g/mol. The van der Waals surface area contributed by atoms with Crippen LogP contribution in [0.1, 0.15) is 32.7 Å². The van der Waals surface area contributed by atoms with Crippen molar-refractivity contribution in [1.29, 1.82) is 0 Å². The van der Waals surface area contributed by atoms with Crippen LogP contribution in [0.4, 0.5) is 10.2 Å². The van der Waals surface area contributed by atoms with Gasteiger partial charge in [-0.15, -0.1) is 0 Å². The van der Waals surface area contributed by atoms with Crippen molar-refractivity contribution in [2.45, 2.75) is 13.3 Å². The Kier molecular flexibility index (Phi) is 4.80. The molecule has 0 amide bonds. The summed E-state index contributed by atoms with van der Waals surface area (Å²) >= 11 is 0. The van der Waals surface area contributed by atoms with Crippen LogP contribution in [0.3, 0.4) is 0 Å². The predicted molar refractivity (Wildman–Crippen MR) is 109 cm³/mol. The number of imidazole rings is 1. The van der Waals surface area contributed by atoms with Crippen LogP contribution in [0.5, 0.6) is 0 Å². The quantitative estimate of drug-likeness (QED) is 0.433. The number of ketones is 1. The van der Waals surface area contributed by atoms with Crippen molar-refractivity contribution in [2.75, 3.05) is 5.73 Å². The van der Waals surface area contributed by atoms with E-state index in [0.29, 0.717) is 17.2 Å². The smallest absolute Gasteiger partial charge is 0.170 e. The third-order valence-electron chi connectivity index (χ3n) is 4.41. The summed E-state index contributed by atoms with van der Waals surface area (Å²) in [6, 6.07) is 15.4. The van der Waals surface area contributed by atoms with Crippen LogP contribution in [-0.4, -0.2) is 20.4 Å². The van der Waals surface area contributed by atoms with Crippen LogP contribution < -0.4 is 5.73 Å². The first-order chi connectivity index (χ1) is 14.0. The van der Waals surface area contributed by atoms with Crippen molar-refractivity contribution in [3.05, 3.63) is 94.6 Å².